The Bertz CT molecular complexity index is 4570. The lowest BCUT2D eigenvalue weighted by Gasteiger charge is -2.39. The summed E-state index contributed by atoms with van der Waals surface area (Å²) in [6.45, 7) is 10.3. The molecule has 0 radical (unpaired) electrons. The number of benzene rings is 8. The number of hydrogen-bond acceptors (Lipinski definition) is 8. The average Bonchev–Trinajstić information content (AvgIpc) is 1.67. The first kappa shape index (κ1) is 67.0. The first-order chi connectivity index (χ1) is 45.1. The first-order valence-electron chi connectivity index (χ1n) is 36.0. The predicted octanol–water partition coefficient (Wildman–Crippen LogP) is 18.4. The van der Waals surface area contributed by atoms with Crippen molar-refractivity contribution in [2.75, 3.05) is 37.3 Å². The predicted molar refractivity (Wildman–Crippen MR) is 392 cm³/mol. The topological polar surface area (TPSA) is 141 Å². The maximum Gasteiger partial charge on any atom is 0.294 e. The molecule has 0 unspecified atom stereocenters. The minimum atomic E-state index is -0.337. The van der Waals surface area contributed by atoms with Gasteiger partial charge in [0.15, 0.2) is 5.69 Å². The molecule has 0 bridgehead atoms. The van der Waals surface area contributed by atoms with Crippen LogP contribution in [0.5, 0.6) is 0 Å². The van der Waals surface area contributed by atoms with Crippen molar-refractivity contribution in [1.29, 1.82) is 0 Å². The summed E-state index contributed by atoms with van der Waals surface area (Å²) in [6, 6.07) is 35.1. The minimum Gasteiger partial charge on any atom is -1.00 e. The van der Waals surface area contributed by atoms with Crippen molar-refractivity contribution in [1.82, 2.24) is 23.3 Å². The van der Waals surface area contributed by atoms with Gasteiger partial charge < -0.3 is 23.0 Å². The Hall–Kier alpha value is -7.41. The fourth-order valence-corrected chi connectivity index (χ4v) is 16.0. The molecule has 2 N–H and O–H groups in total. The zero-order chi connectivity index (χ0) is 63.7. The molecule has 490 valence electrons. The molecule has 0 aliphatic rings. The Morgan fingerprint density at radius 1 is 0.462 bits per heavy atom. The lowest BCUT2D eigenvalue weighted by atomic mass is 9.86. The highest BCUT2D eigenvalue weighted by molar-refractivity contribution is 6.40. The molecule has 13 heteroatoms. The fourth-order valence-electron chi connectivity index (χ4n) is 16.0. The number of nitro benzene ring substituents is 1. The van der Waals surface area contributed by atoms with Crippen LogP contribution in [0.25, 0.3) is 98.0 Å². The molecule has 0 saturated carbocycles. The van der Waals surface area contributed by atoms with Gasteiger partial charge in [-0.2, -0.15) is 0 Å². The van der Waals surface area contributed by atoms with E-state index in [9.17, 15) is 10.1 Å². The Morgan fingerprint density at radius 3 is 1.26 bits per heavy atom. The number of halogens is 1. The molecule has 93 heavy (non-hydrogen) atoms. The van der Waals surface area contributed by atoms with Gasteiger partial charge in [0.05, 0.1) is 45.8 Å². The van der Waals surface area contributed by atoms with Gasteiger partial charge in [0.2, 0.25) is 0 Å². The van der Waals surface area contributed by atoms with Gasteiger partial charge in [0, 0.05) is 63.6 Å². The van der Waals surface area contributed by atoms with Gasteiger partial charge in [-0.15, -0.1) is 0 Å². The van der Waals surface area contributed by atoms with Crippen LogP contribution in [0.2, 0.25) is 0 Å². The largest absolute Gasteiger partial charge is 1.00 e. The summed E-state index contributed by atoms with van der Waals surface area (Å²) in [5.74, 6) is 0. The van der Waals surface area contributed by atoms with E-state index in [0.29, 0.717) is 51.0 Å². The highest BCUT2D eigenvalue weighted by Crippen LogP contribution is 2.47. The van der Waals surface area contributed by atoms with E-state index in [-0.39, 0.29) is 34.1 Å². The van der Waals surface area contributed by atoms with E-state index in [1.165, 1.54) is 166 Å². The van der Waals surface area contributed by atoms with Crippen molar-refractivity contribution in [2.24, 2.45) is 0 Å². The highest BCUT2D eigenvalue weighted by Gasteiger charge is 2.34. The summed E-state index contributed by atoms with van der Waals surface area (Å²) in [7, 11) is 1.92. The van der Waals surface area contributed by atoms with E-state index in [0.717, 1.165) is 127 Å². The van der Waals surface area contributed by atoms with Crippen LogP contribution in [0.3, 0.4) is 0 Å². The first-order valence-corrected chi connectivity index (χ1v) is 36.0. The number of hydrogen-bond donors (Lipinski definition) is 1. The number of pyridine rings is 2. The van der Waals surface area contributed by atoms with Crippen molar-refractivity contribution < 1.29 is 17.3 Å². The Labute approximate surface area is 555 Å². The van der Waals surface area contributed by atoms with E-state index in [1.807, 2.05) is 36.2 Å². The summed E-state index contributed by atoms with van der Waals surface area (Å²) >= 11 is 0. The van der Waals surface area contributed by atoms with Gasteiger partial charge in [-0.1, -0.05) is 236 Å². The van der Waals surface area contributed by atoms with E-state index in [1.54, 1.807) is 20.9 Å². The molecule has 12 rings (SSSR count). The molecule has 0 aliphatic carbocycles. The number of nitrogens with zero attached hydrogens (tertiary/aromatic N) is 7. The number of imidazole rings is 2. The molecular formula is C80H99ClN8O4. The fraction of sp³-hybridized carbons (Fsp3) is 0.475. The van der Waals surface area contributed by atoms with Crippen molar-refractivity contribution in [2.45, 2.75) is 220 Å². The second kappa shape index (κ2) is 30.8. The number of quaternary nitrogens is 1. The number of nitro groups is 1. The summed E-state index contributed by atoms with van der Waals surface area (Å²) in [4.78, 5) is 55.5. The lowest BCUT2D eigenvalue weighted by Crippen LogP contribution is -3.00. The van der Waals surface area contributed by atoms with Gasteiger partial charge >= 0.3 is 0 Å². The lowest BCUT2D eigenvalue weighted by molar-refractivity contribution is -0.384. The van der Waals surface area contributed by atoms with Crippen molar-refractivity contribution in [3.63, 3.8) is 0 Å². The number of rotatable bonds is 38. The van der Waals surface area contributed by atoms with Gasteiger partial charge in [0.25, 0.3) is 16.8 Å². The molecule has 4 aromatic heterocycles. The third-order valence-electron chi connectivity index (χ3n) is 21.0. The summed E-state index contributed by atoms with van der Waals surface area (Å²) in [5, 5.41) is 23.2. The molecule has 0 amide bonds. The molecule has 0 aliphatic heterocycles. The molecule has 0 spiro atoms. The Balaban J connectivity index is 0.00000884. The second-order valence-electron chi connectivity index (χ2n) is 27.5. The standard InChI is InChI=1S/C80H98N8O4.ClH/c1-5-8-11-14-17-20-23-26-29-35-48-84(4)70-52-66-69(54-71(70)87(91)92)86-77(82-66)61-44-40-57-59-42-46-63-76-62(45-41-58(74(59)76)60-43-47-64(80(86)90)75(61)73(57)60)78-83-67-53-72(65(81)51-68(67)85(78)79(63)89)88(55-56-38-33-32-34-39-56,49-36-30-27-24-21-18-15-12-9-6-2)50-37-31-28-25-22-19-16-13-10-7-3;/h32-34,38-47,51-54H,5-31,35-37,48-50,55H2,1-4H3,(H-,81,82,90);1H. The quantitative estimate of drug-likeness (QED) is 0.00767. The van der Waals surface area contributed by atoms with Crippen molar-refractivity contribution >= 4 is 121 Å². The monoisotopic (exact) mass is 1270 g/mol. The SMILES string of the molecule is CCCCCCCCCCCCN(C)c1cc2nc3c4ccc5c6ccc7c(=O)n8c9cc(N)c([N+](CCCCCCCCCCCC)(CCCCCCCCCCCC)Cc%10ccccc%10)cc9nc8c8ccc(c9ccc(c(=O)n3c2cc1[N+](=O)[O-])c4c95)c6c78.[Cl-]. The number of fused-ring (bicyclic) bond motifs is 10. The Morgan fingerprint density at radius 2 is 0.828 bits per heavy atom. The number of nitrogen functional groups attached to an aromatic ring is 1. The van der Waals surface area contributed by atoms with Crippen LogP contribution < -0.4 is 38.6 Å². The highest BCUT2D eigenvalue weighted by atomic mass is 35.5. The average molecular weight is 1270 g/mol. The van der Waals surface area contributed by atoms with Crippen LogP contribution in [0.15, 0.2) is 113 Å². The molecule has 0 fully saturated rings. The molecular weight excluding hydrogens is 1170 g/mol. The summed E-state index contributed by atoms with van der Waals surface area (Å²) < 4.78 is 4.13. The van der Waals surface area contributed by atoms with Gasteiger partial charge in [-0.25, -0.2) is 9.97 Å². The van der Waals surface area contributed by atoms with Crippen molar-refractivity contribution in [3.05, 3.63) is 140 Å². The second-order valence-corrected chi connectivity index (χ2v) is 27.5. The van der Waals surface area contributed by atoms with E-state index < -0.39 is 0 Å². The van der Waals surface area contributed by atoms with E-state index in [4.69, 9.17) is 15.7 Å². The Kier molecular flexibility index (Phi) is 22.2. The third kappa shape index (κ3) is 13.7. The van der Waals surface area contributed by atoms with Crippen LogP contribution in [-0.2, 0) is 6.54 Å². The maximum absolute atomic E-state index is 15.4. The zero-order valence-electron chi connectivity index (χ0n) is 56.1. The number of unbranched alkanes of at least 4 members (excludes halogenated alkanes) is 27. The third-order valence-corrected chi connectivity index (χ3v) is 21.0. The smallest absolute Gasteiger partial charge is 0.294 e. The van der Waals surface area contributed by atoms with Gasteiger partial charge in [0.1, 0.15) is 23.5 Å². The van der Waals surface area contributed by atoms with Crippen LogP contribution >= 0.6 is 0 Å². The molecule has 0 saturated heterocycles. The number of anilines is 2. The van der Waals surface area contributed by atoms with E-state index in [2.05, 4.69) is 87.5 Å². The van der Waals surface area contributed by atoms with Crippen molar-refractivity contribution in [3.8, 4) is 0 Å². The molecule has 4 heterocycles. The van der Waals surface area contributed by atoms with Crippen LogP contribution in [-0.4, -0.2) is 50.4 Å². The van der Waals surface area contributed by atoms with Crippen LogP contribution in [0.1, 0.15) is 219 Å². The minimum absolute atomic E-state index is 0. The normalized spacial score (nSPS) is 12.4. The van der Waals surface area contributed by atoms with Crippen LogP contribution in [0, 0.1) is 10.1 Å². The molecule has 12 aromatic rings. The summed E-state index contributed by atoms with van der Waals surface area (Å²) in [5.41, 5.74) is 14.2. The number of aromatic nitrogens is 4. The molecule has 8 aromatic carbocycles. The molecule has 12 nitrogen and oxygen atoms in total. The van der Waals surface area contributed by atoms with Gasteiger partial charge in [-0.05, 0) is 101 Å². The summed E-state index contributed by atoms with van der Waals surface area (Å²) in [6.07, 6.45) is 37.8. The van der Waals surface area contributed by atoms with Gasteiger partial charge in [-0.3, -0.25) is 33.0 Å². The maximum atomic E-state index is 15.4. The van der Waals surface area contributed by atoms with Crippen LogP contribution in [0.4, 0.5) is 22.7 Å². The zero-order valence-corrected chi connectivity index (χ0v) is 56.8. The number of nitrogens with two attached hydrogens (primary N) is 1. The van der Waals surface area contributed by atoms with E-state index >= 15 is 9.59 Å². The molecule has 0 atom stereocenters.